The fraction of sp³-hybridized carbons (Fsp3) is 0.667. The molecule has 0 saturated carbocycles. The molecular weight excluding hydrogens is 268 g/mol. The first-order chi connectivity index (χ1) is 8.65. The molecule has 0 aromatic heterocycles. The number of carboxylic acid groups (broad SMARTS) is 3. The summed E-state index contributed by atoms with van der Waals surface area (Å²) in [4.78, 5) is 33.0. The van der Waals surface area contributed by atoms with Gasteiger partial charge >= 0.3 is 17.9 Å². The molecular formula is C9H14O10. The average molecular weight is 282 g/mol. The van der Waals surface area contributed by atoms with Crippen molar-refractivity contribution in [2.24, 2.45) is 11.3 Å². The predicted molar refractivity (Wildman–Crippen MR) is 55.0 cm³/mol. The van der Waals surface area contributed by atoms with E-state index in [1.54, 1.807) is 0 Å². The Balaban J connectivity index is 6.21. The first-order valence-electron chi connectivity index (χ1n) is 4.90. The third-order valence-corrected chi connectivity index (χ3v) is 2.99. The van der Waals surface area contributed by atoms with Crippen molar-refractivity contribution >= 4 is 17.9 Å². The largest absolute Gasteiger partial charge is 0.481 e. The lowest BCUT2D eigenvalue weighted by atomic mass is 9.66. The van der Waals surface area contributed by atoms with Gasteiger partial charge in [0.05, 0.1) is 19.8 Å². The molecule has 0 saturated heterocycles. The summed E-state index contributed by atoms with van der Waals surface area (Å²) < 4.78 is 0. The van der Waals surface area contributed by atoms with Crippen LogP contribution in [0.1, 0.15) is 0 Å². The Morgan fingerprint density at radius 2 is 1.32 bits per heavy atom. The quantitative estimate of drug-likeness (QED) is 0.235. The van der Waals surface area contributed by atoms with Gasteiger partial charge in [0.2, 0.25) is 0 Å². The molecule has 0 aliphatic carbocycles. The van der Waals surface area contributed by atoms with Crippen molar-refractivity contribution in [2.45, 2.75) is 5.60 Å². The van der Waals surface area contributed by atoms with Gasteiger partial charge in [0.15, 0.2) is 11.0 Å². The maximum Gasteiger partial charge on any atom is 0.338 e. The van der Waals surface area contributed by atoms with E-state index in [-0.39, 0.29) is 0 Å². The summed E-state index contributed by atoms with van der Waals surface area (Å²) in [5.41, 5.74) is -6.70. The highest BCUT2D eigenvalue weighted by Crippen LogP contribution is 2.38. The Morgan fingerprint density at radius 1 is 0.895 bits per heavy atom. The van der Waals surface area contributed by atoms with E-state index in [9.17, 15) is 19.5 Å². The van der Waals surface area contributed by atoms with Crippen molar-refractivity contribution < 1.29 is 50.1 Å². The van der Waals surface area contributed by atoms with Gasteiger partial charge < -0.3 is 35.7 Å². The Bertz CT molecular complexity index is 373. The summed E-state index contributed by atoms with van der Waals surface area (Å²) in [5, 5.41) is 63.4. The molecule has 0 aliphatic heterocycles. The van der Waals surface area contributed by atoms with Crippen molar-refractivity contribution in [3.63, 3.8) is 0 Å². The molecule has 19 heavy (non-hydrogen) atoms. The van der Waals surface area contributed by atoms with E-state index in [0.29, 0.717) is 0 Å². The number of hydrogen-bond donors (Lipinski definition) is 7. The summed E-state index contributed by atoms with van der Waals surface area (Å²) in [6.45, 7) is -4.51. The lowest BCUT2D eigenvalue weighted by Crippen LogP contribution is -2.67. The average Bonchev–Trinajstić information content (AvgIpc) is 2.30. The van der Waals surface area contributed by atoms with Crippen LogP contribution in [0.4, 0.5) is 0 Å². The summed E-state index contributed by atoms with van der Waals surface area (Å²) in [6, 6.07) is 0. The Kier molecular flexibility index (Phi) is 5.38. The molecule has 2 unspecified atom stereocenters. The maximum absolute atomic E-state index is 11.1. The third kappa shape index (κ3) is 2.38. The second-order valence-corrected chi connectivity index (χ2v) is 3.85. The smallest absolute Gasteiger partial charge is 0.338 e. The van der Waals surface area contributed by atoms with Crippen molar-refractivity contribution in [2.75, 3.05) is 19.8 Å². The molecule has 10 heteroatoms. The van der Waals surface area contributed by atoms with Crippen LogP contribution in [-0.4, -0.2) is 79.1 Å². The van der Waals surface area contributed by atoms with E-state index in [1.165, 1.54) is 0 Å². The molecule has 7 N–H and O–H groups in total. The van der Waals surface area contributed by atoms with Gasteiger partial charge in [-0.25, -0.2) is 4.79 Å². The molecule has 10 nitrogen and oxygen atoms in total. The van der Waals surface area contributed by atoms with Gasteiger partial charge in [-0.1, -0.05) is 0 Å². The highest BCUT2D eigenvalue weighted by molar-refractivity contribution is 5.93. The first kappa shape index (κ1) is 17.2. The van der Waals surface area contributed by atoms with Gasteiger partial charge in [0.1, 0.15) is 5.92 Å². The van der Waals surface area contributed by atoms with Gasteiger partial charge in [-0.2, -0.15) is 0 Å². The molecule has 0 radical (unpaired) electrons. The van der Waals surface area contributed by atoms with E-state index in [4.69, 9.17) is 30.6 Å². The zero-order valence-electron chi connectivity index (χ0n) is 9.55. The maximum atomic E-state index is 11.1. The van der Waals surface area contributed by atoms with Crippen LogP contribution in [-0.2, 0) is 14.4 Å². The Hall–Kier alpha value is -1.75. The number of hydrogen-bond acceptors (Lipinski definition) is 7. The fourth-order valence-corrected chi connectivity index (χ4v) is 1.67. The van der Waals surface area contributed by atoms with Crippen LogP contribution in [0.3, 0.4) is 0 Å². The molecule has 0 bridgehead atoms. The molecule has 0 spiro atoms. The number of aliphatic hydroxyl groups excluding tert-OH is 3. The molecule has 0 rings (SSSR count). The normalized spacial score (nSPS) is 16.4. The number of aliphatic carboxylic acids is 3. The molecule has 0 aliphatic rings. The van der Waals surface area contributed by atoms with Crippen LogP contribution in [0, 0.1) is 11.3 Å². The van der Waals surface area contributed by atoms with Crippen LogP contribution in [0.5, 0.6) is 0 Å². The fourth-order valence-electron chi connectivity index (χ4n) is 1.67. The monoisotopic (exact) mass is 282 g/mol. The van der Waals surface area contributed by atoms with E-state index in [2.05, 4.69) is 0 Å². The minimum absolute atomic E-state index is 1.41. The zero-order chi connectivity index (χ0) is 15.4. The summed E-state index contributed by atoms with van der Waals surface area (Å²) in [5.74, 6) is -8.89. The van der Waals surface area contributed by atoms with E-state index < -0.39 is 54.7 Å². The molecule has 0 aromatic rings. The molecule has 0 fully saturated rings. The van der Waals surface area contributed by atoms with Gasteiger partial charge in [-0.3, -0.25) is 9.59 Å². The molecule has 0 aromatic carbocycles. The van der Waals surface area contributed by atoms with Crippen LogP contribution < -0.4 is 0 Å². The third-order valence-electron chi connectivity index (χ3n) is 2.99. The number of aliphatic hydroxyl groups is 4. The Morgan fingerprint density at radius 3 is 1.47 bits per heavy atom. The van der Waals surface area contributed by atoms with Gasteiger partial charge in [0, 0.05) is 0 Å². The zero-order valence-corrected chi connectivity index (χ0v) is 9.55. The minimum Gasteiger partial charge on any atom is -0.481 e. The van der Waals surface area contributed by atoms with E-state index in [1.807, 2.05) is 0 Å². The van der Waals surface area contributed by atoms with Gasteiger partial charge in [-0.05, 0) is 0 Å². The first-order valence-corrected chi connectivity index (χ1v) is 4.90. The second-order valence-electron chi connectivity index (χ2n) is 3.85. The standard InChI is InChI=1S/C9H14O10/c10-1-4(5(13)14)9(19,7(17)18)8(2-11,3-12)6(15)16/h4,10-12,19H,1-3H2,(H,13,14)(H,15,16)(H,17,18). The van der Waals surface area contributed by atoms with Crippen LogP contribution >= 0.6 is 0 Å². The summed E-state index contributed by atoms with van der Waals surface area (Å²) in [7, 11) is 0. The molecule has 0 amide bonds. The number of rotatable bonds is 8. The van der Waals surface area contributed by atoms with E-state index >= 15 is 0 Å². The van der Waals surface area contributed by atoms with Crippen LogP contribution in [0.25, 0.3) is 0 Å². The predicted octanol–water partition coefficient (Wildman–Crippen LogP) is -3.45. The topological polar surface area (TPSA) is 193 Å². The lowest BCUT2D eigenvalue weighted by Gasteiger charge is -2.41. The molecule has 0 heterocycles. The number of carbonyl (C=O) groups is 3. The Labute approximate surface area is 106 Å². The highest BCUT2D eigenvalue weighted by atomic mass is 16.4. The van der Waals surface area contributed by atoms with Crippen molar-refractivity contribution in [1.29, 1.82) is 0 Å². The molecule has 2 atom stereocenters. The van der Waals surface area contributed by atoms with E-state index in [0.717, 1.165) is 0 Å². The number of carboxylic acids is 3. The van der Waals surface area contributed by atoms with Crippen LogP contribution in [0.15, 0.2) is 0 Å². The van der Waals surface area contributed by atoms with Gasteiger partial charge in [-0.15, -0.1) is 0 Å². The van der Waals surface area contributed by atoms with Crippen molar-refractivity contribution in [3.8, 4) is 0 Å². The van der Waals surface area contributed by atoms with Crippen molar-refractivity contribution in [3.05, 3.63) is 0 Å². The highest BCUT2D eigenvalue weighted by Gasteiger charge is 2.66. The SMILES string of the molecule is O=C(O)C(CO)C(O)(C(=O)O)C(CO)(CO)C(=O)O. The van der Waals surface area contributed by atoms with Crippen molar-refractivity contribution in [1.82, 2.24) is 0 Å². The van der Waals surface area contributed by atoms with Crippen LogP contribution in [0.2, 0.25) is 0 Å². The summed E-state index contributed by atoms with van der Waals surface area (Å²) in [6.07, 6.45) is 0. The molecule has 110 valence electrons. The second kappa shape index (κ2) is 5.93. The lowest BCUT2D eigenvalue weighted by molar-refractivity contribution is -0.217. The summed E-state index contributed by atoms with van der Waals surface area (Å²) >= 11 is 0. The minimum atomic E-state index is -3.61. The van der Waals surface area contributed by atoms with Gasteiger partial charge in [0.25, 0.3) is 0 Å².